The molecule has 0 aliphatic carbocycles. The third kappa shape index (κ3) is 3.64. The van der Waals surface area contributed by atoms with Crippen molar-refractivity contribution in [2.24, 2.45) is 0 Å². The van der Waals surface area contributed by atoms with E-state index in [9.17, 15) is 18.0 Å². The van der Waals surface area contributed by atoms with E-state index in [1.165, 1.54) is 4.90 Å². The average Bonchev–Trinajstić information content (AvgIpc) is 2.36. The molecule has 1 aliphatic rings. The number of halogens is 3. The Balaban J connectivity index is 2.25. The second-order valence-corrected chi connectivity index (χ2v) is 3.76. The topological polar surface area (TPSA) is 41.6 Å². The van der Waals surface area contributed by atoms with Gasteiger partial charge < -0.3 is 9.64 Å². The minimum absolute atomic E-state index is 0.107. The first-order valence-electron chi connectivity index (χ1n) is 5.02. The van der Waals surface area contributed by atoms with E-state index in [4.69, 9.17) is 0 Å². The minimum Gasteiger partial charge on any atom is -0.370 e. The minimum atomic E-state index is -4.31. The first kappa shape index (κ1) is 13.2. The van der Waals surface area contributed by atoms with Crippen molar-refractivity contribution in [3.05, 3.63) is 0 Å². The molecule has 16 heavy (non-hydrogen) atoms. The van der Waals surface area contributed by atoms with Crippen LogP contribution in [0.25, 0.3) is 0 Å². The Morgan fingerprint density at radius 1 is 1.44 bits per heavy atom. The van der Waals surface area contributed by atoms with Crippen LogP contribution < -0.4 is 5.32 Å². The lowest BCUT2D eigenvalue weighted by atomic mass is 10.3. The summed E-state index contributed by atoms with van der Waals surface area (Å²) < 4.78 is 39.7. The number of nitrogens with one attached hydrogen (secondary N) is 1. The van der Waals surface area contributed by atoms with Gasteiger partial charge in [-0.1, -0.05) is 0 Å². The molecule has 1 rings (SSSR count). The zero-order valence-corrected chi connectivity index (χ0v) is 9.17. The van der Waals surface area contributed by atoms with Crippen LogP contribution in [0.1, 0.15) is 13.8 Å². The van der Waals surface area contributed by atoms with Crippen LogP contribution in [0.15, 0.2) is 0 Å². The SMILES string of the molecule is CC1NC(C)N(CCOCC(F)(F)F)C1=O. The molecule has 0 aromatic rings. The summed E-state index contributed by atoms with van der Waals surface area (Å²) in [6.07, 6.45) is -4.47. The summed E-state index contributed by atoms with van der Waals surface area (Å²) in [5.41, 5.74) is 0. The second-order valence-electron chi connectivity index (χ2n) is 3.76. The highest BCUT2D eigenvalue weighted by atomic mass is 19.4. The van der Waals surface area contributed by atoms with Crippen molar-refractivity contribution in [3.63, 3.8) is 0 Å². The molecule has 1 fully saturated rings. The fourth-order valence-electron chi connectivity index (χ4n) is 1.62. The van der Waals surface area contributed by atoms with E-state index in [0.29, 0.717) is 0 Å². The average molecular weight is 240 g/mol. The molecule has 4 nitrogen and oxygen atoms in total. The number of carbonyl (C=O) groups excluding carboxylic acids is 1. The molecule has 1 N–H and O–H groups in total. The number of amides is 1. The summed E-state index contributed by atoms with van der Waals surface area (Å²) in [6, 6.07) is -0.280. The van der Waals surface area contributed by atoms with Gasteiger partial charge in [-0.15, -0.1) is 0 Å². The maximum atomic E-state index is 11.8. The summed E-state index contributed by atoms with van der Waals surface area (Å²) in [4.78, 5) is 13.0. The third-order valence-corrected chi connectivity index (χ3v) is 2.35. The normalized spacial score (nSPS) is 26.6. The molecule has 7 heteroatoms. The molecule has 0 saturated carbocycles. The summed E-state index contributed by atoms with van der Waals surface area (Å²) in [5.74, 6) is -0.108. The molecule has 94 valence electrons. The van der Waals surface area contributed by atoms with Crippen LogP contribution in [-0.2, 0) is 9.53 Å². The number of rotatable bonds is 4. The van der Waals surface area contributed by atoms with Crippen molar-refractivity contribution in [1.29, 1.82) is 0 Å². The maximum absolute atomic E-state index is 11.8. The second kappa shape index (κ2) is 5.01. The van der Waals surface area contributed by atoms with E-state index in [0.717, 1.165) is 0 Å². The van der Waals surface area contributed by atoms with Gasteiger partial charge in [0.2, 0.25) is 5.91 Å². The predicted molar refractivity (Wildman–Crippen MR) is 50.6 cm³/mol. The van der Waals surface area contributed by atoms with Crippen molar-refractivity contribution in [2.45, 2.75) is 32.2 Å². The van der Waals surface area contributed by atoms with Gasteiger partial charge in [-0.05, 0) is 13.8 Å². The third-order valence-electron chi connectivity index (χ3n) is 2.35. The van der Waals surface area contributed by atoms with Crippen LogP contribution in [0.2, 0.25) is 0 Å². The van der Waals surface area contributed by atoms with Crippen LogP contribution in [0.4, 0.5) is 13.2 Å². The van der Waals surface area contributed by atoms with Gasteiger partial charge in [0.15, 0.2) is 0 Å². The lowest BCUT2D eigenvalue weighted by Crippen LogP contribution is -2.37. The van der Waals surface area contributed by atoms with E-state index in [2.05, 4.69) is 10.1 Å². The van der Waals surface area contributed by atoms with E-state index >= 15 is 0 Å². The van der Waals surface area contributed by atoms with Crippen molar-refractivity contribution >= 4 is 5.91 Å². The fourth-order valence-corrected chi connectivity index (χ4v) is 1.62. The van der Waals surface area contributed by atoms with E-state index < -0.39 is 12.8 Å². The molecular weight excluding hydrogens is 225 g/mol. The Morgan fingerprint density at radius 2 is 2.06 bits per heavy atom. The monoisotopic (exact) mass is 240 g/mol. The van der Waals surface area contributed by atoms with E-state index in [-0.39, 0.29) is 31.3 Å². The molecule has 2 unspecified atom stereocenters. The number of carbonyl (C=O) groups is 1. The van der Waals surface area contributed by atoms with Crippen molar-refractivity contribution in [2.75, 3.05) is 19.8 Å². The molecule has 0 spiro atoms. The van der Waals surface area contributed by atoms with Gasteiger partial charge >= 0.3 is 6.18 Å². The molecule has 1 aliphatic heterocycles. The molecule has 0 aromatic heterocycles. The molecule has 2 atom stereocenters. The molecule has 0 bridgehead atoms. The zero-order chi connectivity index (χ0) is 12.3. The zero-order valence-electron chi connectivity index (χ0n) is 9.17. The smallest absolute Gasteiger partial charge is 0.370 e. The highest BCUT2D eigenvalue weighted by Crippen LogP contribution is 2.15. The summed E-state index contributed by atoms with van der Waals surface area (Å²) in [5, 5.41) is 2.97. The molecule has 0 radical (unpaired) electrons. The summed E-state index contributed by atoms with van der Waals surface area (Å²) >= 11 is 0. The van der Waals surface area contributed by atoms with Gasteiger partial charge in [-0.2, -0.15) is 13.2 Å². The Bertz CT molecular complexity index is 258. The van der Waals surface area contributed by atoms with Gasteiger partial charge in [-0.25, -0.2) is 0 Å². The largest absolute Gasteiger partial charge is 0.411 e. The van der Waals surface area contributed by atoms with Crippen molar-refractivity contribution < 1.29 is 22.7 Å². The molecular formula is C9H15F3N2O2. The number of alkyl halides is 3. The molecule has 1 amide bonds. The Morgan fingerprint density at radius 3 is 2.50 bits per heavy atom. The maximum Gasteiger partial charge on any atom is 0.411 e. The first-order chi connectivity index (χ1) is 7.31. The van der Waals surface area contributed by atoms with Gasteiger partial charge in [0.25, 0.3) is 0 Å². The van der Waals surface area contributed by atoms with Gasteiger partial charge in [0, 0.05) is 6.54 Å². The lowest BCUT2D eigenvalue weighted by Gasteiger charge is -2.20. The quantitative estimate of drug-likeness (QED) is 0.737. The van der Waals surface area contributed by atoms with Crippen LogP contribution in [0, 0.1) is 0 Å². The molecule has 1 saturated heterocycles. The standard InChI is InChI=1S/C9H15F3N2O2/c1-6-8(15)14(7(2)13-6)3-4-16-5-9(10,11)12/h6-7,13H,3-5H2,1-2H3. The Labute approximate surface area is 91.7 Å². The van der Waals surface area contributed by atoms with Gasteiger partial charge in [0.1, 0.15) is 6.61 Å². The number of nitrogens with zero attached hydrogens (tertiary/aromatic N) is 1. The van der Waals surface area contributed by atoms with E-state index in [1.54, 1.807) is 13.8 Å². The fraction of sp³-hybridized carbons (Fsp3) is 0.889. The number of hydrogen-bond acceptors (Lipinski definition) is 3. The van der Waals surface area contributed by atoms with Gasteiger partial charge in [-0.3, -0.25) is 10.1 Å². The Kier molecular flexibility index (Phi) is 4.15. The summed E-state index contributed by atoms with van der Waals surface area (Å²) in [6.45, 7) is 2.30. The van der Waals surface area contributed by atoms with Crippen molar-refractivity contribution in [1.82, 2.24) is 10.2 Å². The van der Waals surface area contributed by atoms with Crippen LogP contribution in [0.5, 0.6) is 0 Å². The first-order valence-corrected chi connectivity index (χ1v) is 5.02. The van der Waals surface area contributed by atoms with Crippen molar-refractivity contribution in [3.8, 4) is 0 Å². The van der Waals surface area contributed by atoms with Gasteiger partial charge in [0.05, 0.1) is 18.8 Å². The number of hydrogen-bond donors (Lipinski definition) is 1. The lowest BCUT2D eigenvalue weighted by molar-refractivity contribution is -0.174. The van der Waals surface area contributed by atoms with Crippen LogP contribution in [0.3, 0.4) is 0 Å². The molecule has 0 aromatic carbocycles. The highest BCUT2D eigenvalue weighted by molar-refractivity contribution is 5.83. The highest BCUT2D eigenvalue weighted by Gasteiger charge is 2.33. The summed E-state index contributed by atoms with van der Waals surface area (Å²) in [7, 11) is 0. The van der Waals surface area contributed by atoms with Crippen LogP contribution in [-0.4, -0.2) is 48.9 Å². The van der Waals surface area contributed by atoms with Crippen LogP contribution >= 0.6 is 0 Å². The van der Waals surface area contributed by atoms with E-state index in [1.807, 2.05) is 0 Å². The number of ether oxygens (including phenoxy) is 1. The predicted octanol–water partition coefficient (Wildman–Crippen LogP) is 0.732. The Hall–Kier alpha value is -0.820. The molecule has 1 heterocycles.